The van der Waals surface area contributed by atoms with E-state index in [4.69, 9.17) is 10.00 Å². The normalized spacial score (nSPS) is 23.6. The molecule has 192 valence electrons. The Morgan fingerprint density at radius 2 is 1.95 bits per heavy atom. The number of hydrogen-bond donors (Lipinski definition) is 1. The van der Waals surface area contributed by atoms with Gasteiger partial charge >= 0.3 is 6.18 Å². The molecule has 3 aromatic heterocycles. The molecule has 3 aromatic rings. The number of nitrogens with zero attached hydrogens (tertiary/aromatic N) is 5. The Morgan fingerprint density at radius 1 is 1.16 bits per heavy atom. The standard InChI is InChI=1S/C26H25F3N6O2/c1-16-21(14-33-35(16)23-5-2-19(12-32-23)26(27,28)29)24(36)34-20-3-4-22(31-13-20)18-6-8-25(9-7-18)10-17(11-30)15-37-25/h2-5,12-14,17-18H,6-10,15H2,1H3,(H,34,36). The second kappa shape index (κ2) is 9.59. The Hall–Kier alpha value is -3.78. The first kappa shape index (κ1) is 24.9. The molecule has 1 saturated carbocycles. The number of amides is 1. The summed E-state index contributed by atoms with van der Waals surface area (Å²) in [6.45, 7) is 2.17. The molecule has 1 unspecified atom stereocenters. The van der Waals surface area contributed by atoms with E-state index in [0.29, 0.717) is 23.9 Å². The fraction of sp³-hybridized carbons (Fsp3) is 0.423. The van der Waals surface area contributed by atoms with Gasteiger partial charge in [-0.05, 0) is 63.3 Å². The summed E-state index contributed by atoms with van der Waals surface area (Å²) in [5, 5.41) is 16.1. The summed E-state index contributed by atoms with van der Waals surface area (Å²) in [4.78, 5) is 21.3. The maximum absolute atomic E-state index is 12.8. The van der Waals surface area contributed by atoms with Gasteiger partial charge in [0, 0.05) is 17.8 Å². The van der Waals surface area contributed by atoms with Crippen molar-refractivity contribution < 1.29 is 22.7 Å². The van der Waals surface area contributed by atoms with Crippen molar-refractivity contribution in [1.82, 2.24) is 19.7 Å². The fourth-order valence-electron chi connectivity index (χ4n) is 5.18. The van der Waals surface area contributed by atoms with E-state index in [2.05, 4.69) is 26.5 Å². The van der Waals surface area contributed by atoms with Crippen LogP contribution in [0.15, 0.2) is 42.9 Å². The second-order valence-electron chi connectivity index (χ2n) is 9.68. The van der Waals surface area contributed by atoms with Gasteiger partial charge in [-0.3, -0.25) is 9.78 Å². The molecule has 37 heavy (non-hydrogen) atoms. The van der Waals surface area contributed by atoms with Gasteiger partial charge in [-0.15, -0.1) is 0 Å². The maximum atomic E-state index is 12.8. The summed E-state index contributed by atoms with van der Waals surface area (Å²) in [5.74, 6) is 0.0579. The van der Waals surface area contributed by atoms with E-state index >= 15 is 0 Å². The predicted molar refractivity (Wildman–Crippen MR) is 127 cm³/mol. The lowest BCUT2D eigenvalue weighted by atomic mass is 9.75. The number of hydrogen-bond acceptors (Lipinski definition) is 6. The van der Waals surface area contributed by atoms with Crippen molar-refractivity contribution in [3.05, 3.63) is 65.4 Å². The van der Waals surface area contributed by atoms with E-state index in [9.17, 15) is 18.0 Å². The zero-order chi connectivity index (χ0) is 26.2. The van der Waals surface area contributed by atoms with Gasteiger partial charge in [0.25, 0.3) is 5.91 Å². The number of rotatable bonds is 4. The molecule has 0 aromatic carbocycles. The highest BCUT2D eigenvalue weighted by atomic mass is 19.4. The Labute approximate surface area is 211 Å². The van der Waals surface area contributed by atoms with Crippen LogP contribution in [0.3, 0.4) is 0 Å². The molecule has 0 radical (unpaired) electrons. The van der Waals surface area contributed by atoms with Crippen molar-refractivity contribution in [2.75, 3.05) is 11.9 Å². The van der Waals surface area contributed by atoms with Crippen molar-refractivity contribution in [2.45, 2.75) is 56.7 Å². The number of alkyl halides is 3. The quantitative estimate of drug-likeness (QED) is 0.517. The summed E-state index contributed by atoms with van der Waals surface area (Å²) in [6.07, 6.45) is 3.72. The third kappa shape index (κ3) is 5.06. The Balaban J connectivity index is 1.21. The molecule has 2 fully saturated rings. The van der Waals surface area contributed by atoms with Gasteiger partial charge < -0.3 is 10.1 Å². The topological polar surface area (TPSA) is 106 Å². The Bertz CT molecular complexity index is 1320. The minimum Gasteiger partial charge on any atom is -0.374 e. The highest BCUT2D eigenvalue weighted by molar-refractivity contribution is 6.04. The number of carbonyl (C=O) groups is 1. The number of aromatic nitrogens is 4. The molecule has 0 bridgehead atoms. The first-order valence-electron chi connectivity index (χ1n) is 12.1. The molecule has 1 amide bonds. The molecule has 1 saturated heterocycles. The minimum atomic E-state index is -4.48. The van der Waals surface area contributed by atoms with E-state index in [0.717, 1.165) is 50.1 Å². The molecule has 1 atom stereocenters. The predicted octanol–water partition coefficient (Wildman–Crippen LogP) is 5.20. The molecule has 2 aliphatic rings. The number of ether oxygens (including phenoxy) is 1. The molecular weight excluding hydrogens is 485 g/mol. The first-order valence-corrected chi connectivity index (χ1v) is 12.1. The SMILES string of the molecule is Cc1c(C(=O)Nc2ccc(C3CCC4(CC3)CC(C#N)CO4)nc2)cnn1-c1ccc(C(F)(F)F)cn1. The second-order valence-corrected chi connectivity index (χ2v) is 9.68. The lowest BCUT2D eigenvalue weighted by molar-refractivity contribution is -0.137. The highest BCUT2D eigenvalue weighted by Crippen LogP contribution is 2.45. The molecule has 4 heterocycles. The van der Waals surface area contributed by atoms with Gasteiger partial charge in [0.2, 0.25) is 0 Å². The van der Waals surface area contributed by atoms with Gasteiger partial charge in [0.1, 0.15) is 0 Å². The summed E-state index contributed by atoms with van der Waals surface area (Å²) >= 11 is 0. The fourth-order valence-corrected chi connectivity index (χ4v) is 5.18. The van der Waals surface area contributed by atoms with Crippen molar-refractivity contribution in [3.8, 4) is 11.9 Å². The number of nitrogens with one attached hydrogen (secondary N) is 1. The molecule has 5 rings (SSSR count). The maximum Gasteiger partial charge on any atom is 0.417 e. The van der Waals surface area contributed by atoms with E-state index < -0.39 is 17.6 Å². The van der Waals surface area contributed by atoms with Crippen LogP contribution in [0.2, 0.25) is 0 Å². The highest BCUT2D eigenvalue weighted by Gasteiger charge is 2.43. The van der Waals surface area contributed by atoms with E-state index in [1.165, 1.54) is 16.9 Å². The minimum absolute atomic E-state index is 0.0143. The van der Waals surface area contributed by atoms with Gasteiger partial charge in [-0.1, -0.05) is 0 Å². The van der Waals surface area contributed by atoms with Crippen molar-refractivity contribution in [2.24, 2.45) is 5.92 Å². The number of halogens is 3. The molecule has 8 nitrogen and oxygen atoms in total. The Morgan fingerprint density at radius 3 is 2.54 bits per heavy atom. The first-order chi connectivity index (χ1) is 17.7. The number of anilines is 1. The summed E-state index contributed by atoms with van der Waals surface area (Å²) in [7, 11) is 0. The molecule has 1 aliphatic carbocycles. The molecule has 11 heteroatoms. The van der Waals surface area contributed by atoms with Crippen molar-refractivity contribution in [1.29, 1.82) is 5.26 Å². The van der Waals surface area contributed by atoms with Crippen LogP contribution in [0.5, 0.6) is 0 Å². The largest absolute Gasteiger partial charge is 0.417 e. The van der Waals surface area contributed by atoms with Gasteiger partial charge in [-0.25, -0.2) is 9.67 Å². The van der Waals surface area contributed by atoms with Crippen LogP contribution < -0.4 is 5.32 Å². The lowest BCUT2D eigenvalue weighted by Gasteiger charge is -2.36. The van der Waals surface area contributed by atoms with E-state index in [1.54, 1.807) is 19.2 Å². The summed E-state index contributed by atoms with van der Waals surface area (Å²) < 4.78 is 45.7. The number of carbonyl (C=O) groups excluding carboxylic acids is 1. The average Bonchev–Trinajstić information content (AvgIpc) is 3.48. The van der Waals surface area contributed by atoms with Gasteiger partial charge in [0.15, 0.2) is 5.82 Å². The smallest absolute Gasteiger partial charge is 0.374 e. The van der Waals surface area contributed by atoms with Crippen LogP contribution in [0.25, 0.3) is 5.82 Å². The zero-order valence-electron chi connectivity index (χ0n) is 20.1. The van der Waals surface area contributed by atoms with Crippen LogP contribution in [-0.2, 0) is 10.9 Å². The van der Waals surface area contributed by atoms with Gasteiger partial charge in [-0.2, -0.15) is 23.5 Å². The monoisotopic (exact) mass is 510 g/mol. The van der Waals surface area contributed by atoms with Crippen molar-refractivity contribution in [3.63, 3.8) is 0 Å². The number of nitriles is 1. The number of pyridine rings is 2. The molecular formula is C26H25F3N6O2. The van der Waals surface area contributed by atoms with Crippen LogP contribution in [0.1, 0.15) is 65.3 Å². The van der Waals surface area contributed by atoms with Crippen LogP contribution >= 0.6 is 0 Å². The van der Waals surface area contributed by atoms with E-state index in [1.807, 2.05) is 6.07 Å². The zero-order valence-corrected chi connectivity index (χ0v) is 20.1. The third-order valence-electron chi connectivity index (χ3n) is 7.30. The van der Waals surface area contributed by atoms with Crippen molar-refractivity contribution >= 4 is 11.6 Å². The summed E-state index contributed by atoms with van der Waals surface area (Å²) in [5.41, 5.74) is 1.18. The molecule has 1 N–H and O–H groups in total. The average molecular weight is 511 g/mol. The molecule has 1 aliphatic heterocycles. The third-order valence-corrected chi connectivity index (χ3v) is 7.30. The van der Waals surface area contributed by atoms with Crippen LogP contribution in [0, 0.1) is 24.2 Å². The summed E-state index contributed by atoms with van der Waals surface area (Å²) in [6, 6.07) is 8.16. The van der Waals surface area contributed by atoms with Gasteiger partial charge in [0.05, 0.1) is 59.1 Å². The van der Waals surface area contributed by atoms with Crippen LogP contribution in [0.4, 0.5) is 18.9 Å². The Kier molecular flexibility index (Phi) is 6.45. The van der Waals surface area contributed by atoms with E-state index in [-0.39, 0.29) is 22.9 Å². The van der Waals surface area contributed by atoms with Crippen LogP contribution in [-0.4, -0.2) is 37.9 Å². The lowest BCUT2D eigenvalue weighted by Crippen LogP contribution is -2.33. The molecule has 1 spiro atoms.